The highest BCUT2D eigenvalue weighted by Gasteiger charge is 1.81. The molecule has 0 N–H and O–H groups in total. The lowest BCUT2D eigenvalue weighted by atomic mass is 10.2. The van der Waals surface area contributed by atoms with E-state index in [0.717, 1.165) is 0 Å². The third-order valence-corrected chi connectivity index (χ3v) is 0.744. The van der Waals surface area contributed by atoms with Crippen LogP contribution >= 0.6 is 0 Å². The van der Waals surface area contributed by atoms with Gasteiger partial charge in [-0.05, 0) is 13.8 Å². The van der Waals surface area contributed by atoms with Gasteiger partial charge in [-0.15, -0.1) is 6.42 Å². The average molecular weight is 94.2 g/mol. The molecule has 1 unspecified atom stereocenters. The smallest absolute Gasteiger partial charge is 0.0351 e. The average Bonchev–Trinajstić information content (AvgIpc) is 1.68. The number of hydrogen-bond donors (Lipinski definition) is 0. The van der Waals surface area contributed by atoms with Crippen LogP contribution in [0.3, 0.4) is 0 Å². The minimum Gasteiger partial charge on any atom is -0.119 e. The van der Waals surface area contributed by atoms with E-state index in [1.54, 1.807) is 0 Å². The summed E-state index contributed by atoms with van der Waals surface area (Å²) in [7, 11) is 0. The Morgan fingerprint density at radius 2 is 2.29 bits per heavy atom. The highest BCUT2D eigenvalue weighted by atomic mass is 13.9. The van der Waals surface area contributed by atoms with Crippen LogP contribution in [0.4, 0.5) is 0 Å². The summed E-state index contributed by atoms with van der Waals surface area (Å²) in [6, 6.07) is 0. The molecular formula is C7H10. The van der Waals surface area contributed by atoms with Crippen molar-refractivity contribution in [3.05, 3.63) is 12.2 Å². The molecule has 0 aromatic heterocycles. The summed E-state index contributed by atoms with van der Waals surface area (Å²) in [5.41, 5.74) is 0. The second-order valence-electron chi connectivity index (χ2n) is 1.48. The maximum absolute atomic E-state index is 5.06. The fourth-order valence-corrected chi connectivity index (χ4v) is 0.344. The third kappa shape index (κ3) is 3.12. The quantitative estimate of drug-likeness (QED) is 0.343. The first-order valence-corrected chi connectivity index (χ1v) is 2.40. The molecule has 0 aliphatic carbocycles. The first-order chi connectivity index (χ1) is 3.31. The second kappa shape index (κ2) is 3.49. The summed E-state index contributed by atoms with van der Waals surface area (Å²) in [6.07, 6.45) is 9.01. The van der Waals surface area contributed by atoms with E-state index in [1.165, 1.54) is 0 Å². The van der Waals surface area contributed by atoms with Gasteiger partial charge in [0.15, 0.2) is 0 Å². The van der Waals surface area contributed by atoms with Crippen LogP contribution < -0.4 is 0 Å². The van der Waals surface area contributed by atoms with Crippen molar-refractivity contribution in [1.82, 2.24) is 0 Å². The monoisotopic (exact) mass is 94.1 g/mol. The molecule has 0 heterocycles. The van der Waals surface area contributed by atoms with Gasteiger partial charge >= 0.3 is 0 Å². The van der Waals surface area contributed by atoms with E-state index in [4.69, 9.17) is 6.42 Å². The first-order valence-electron chi connectivity index (χ1n) is 2.40. The Morgan fingerprint density at radius 1 is 1.71 bits per heavy atom. The van der Waals surface area contributed by atoms with Gasteiger partial charge in [0.25, 0.3) is 0 Å². The molecule has 0 saturated heterocycles. The summed E-state index contributed by atoms with van der Waals surface area (Å²) >= 11 is 0. The summed E-state index contributed by atoms with van der Waals surface area (Å²) in [5.74, 6) is 2.88. The Balaban J connectivity index is 3.42. The maximum atomic E-state index is 5.06. The van der Waals surface area contributed by atoms with Crippen LogP contribution in [-0.2, 0) is 0 Å². The Labute approximate surface area is 45.2 Å². The molecule has 0 aromatic rings. The van der Waals surface area contributed by atoms with E-state index in [1.807, 2.05) is 26.0 Å². The van der Waals surface area contributed by atoms with Gasteiger partial charge in [-0.25, -0.2) is 0 Å². The van der Waals surface area contributed by atoms with E-state index in [0.29, 0.717) is 5.92 Å². The second-order valence-corrected chi connectivity index (χ2v) is 1.48. The van der Waals surface area contributed by atoms with E-state index in [-0.39, 0.29) is 0 Å². The van der Waals surface area contributed by atoms with Gasteiger partial charge in [-0.1, -0.05) is 18.1 Å². The molecule has 38 valence electrons. The minimum atomic E-state index is 0.296. The van der Waals surface area contributed by atoms with Gasteiger partial charge in [0.05, 0.1) is 0 Å². The highest BCUT2D eigenvalue weighted by molar-refractivity contribution is 5.01. The van der Waals surface area contributed by atoms with Gasteiger partial charge in [-0.3, -0.25) is 0 Å². The summed E-state index contributed by atoms with van der Waals surface area (Å²) in [6.45, 7) is 3.95. The minimum absolute atomic E-state index is 0.296. The van der Waals surface area contributed by atoms with Crippen LogP contribution in [0.25, 0.3) is 0 Å². The van der Waals surface area contributed by atoms with Crippen molar-refractivity contribution in [3.63, 3.8) is 0 Å². The predicted octanol–water partition coefficient (Wildman–Crippen LogP) is 1.83. The Hall–Kier alpha value is -0.700. The van der Waals surface area contributed by atoms with Crippen LogP contribution in [0.15, 0.2) is 12.2 Å². The normalized spacial score (nSPS) is 13.9. The molecule has 0 rings (SSSR count). The lowest BCUT2D eigenvalue weighted by Crippen LogP contribution is -1.78. The van der Waals surface area contributed by atoms with Crippen LogP contribution in [-0.4, -0.2) is 0 Å². The van der Waals surface area contributed by atoms with E-state index in [9.17, 15) is 0 Å². The zero-order valence-electron chi connectivity index (χ0n) is 4.81. The molecule has 0 aliphatic rings. The van der Waals surface area contributed by atoms with Crippen molar-refractivity contribution in [3.8, 4) is 12.3 Å². The number of rotatable bonds is 1. The fraction of sp³-hybridized carbons (Fsp3) is 0.429. The summed E-state index contributed by atoms with van der Waals surface area (Å²) < 4.78 is 0. The molecule has 0 fully saturated rings. The van der Waals surface area contributed by atoms with Gasteiger partial charge in [0.1, 0.15) is 0 Å². The van der Waals surface area contributed by atoms with Crippen LogP contribution in [0.5, 0.6) is 0 Å². The molecule has 0 heteroatoms. The molecule has 1 atom stereocenters. The number of terminal acetylenes is 1. The lowest BCUT2D eigenvalue weighted by molar-refractivity contribution is 0.979. The van der Waals surface area contributed by atoms with Gasteiger partial charge < -0.3 is 0 Å². The molecular weight excluding hydrogens is 84.1 g/mol. The Kier molecular flexibility index (Phi) is 3.14. The molecule has 7 heavy (non-hydrogen) atoms. The van der Waals surface area contributed by atoms with Crippen molar-refractivity contribution >= 4 is 0 Å². The van der Waals surface area contributed by atoms with Crippen molar-refractivity contribution in [2.45, 2.75) is 13.8 Å². The van der Waals surface area contributed by atoms with Crippen molar-refractivity contribution in [2.24, 2.45) is 5.92 Å². The standard InChI is InChI=1S/C7H10/c1-4-6-7(3)5-2/h2,4,6-7H,1,3H3/b6-4-. The van der Waals surface area contributed by atoms with Crippen LogP contribution in [0.1, 0.15) is 13.8 Å². The number of hydrogen-bond acceptors (Lipinski definition) is 0. The molecule has 0 amide bonds. The van der Waals surface area contributed by atoms with Gasteiger partial charge in [0, 0.05) is 5.92 Å². The van der Waals surface area contributed by atoms with Gasteiger partial charge in [-0.2, -0.15) is 0 Å². The Morgan fingerprint density at radius 3 is 2.43 bits per heavy atom. The highest BCUT2D eigenvalue weighted by Crippen LogP contribution is 1.91. The molecule has 0 aromatic carbocycles. The Bertz CT molecular complexity index is 93.1. The summed E-state index contributed by atoms with van der Waals surface area (Å²) in [4.78, 5) is 0. The SMILES string of the molecule is C#CC(C)/C=C\C. The molecule has 0 spiro atoms. The zero-order chi connectivity index (χ0) is 5.70. The van der Waals surface area contributed by atoms with Gasteiger partial charge in [0.2, 0.25) is 0 Å². The summed E-state index contributed by atoms with van der Waals surface area (Å²) in [5, 5.41) is 0. The van der Waals surface area contributed by atoms with E-state index in [2.05, 4.69) is 5.92 Å². The number of allylic oxidation sites excluding steroid dienone is 2. The predicted molar refractivity (Wildman–Crippen MR) is 32.8 cm³/mol. The van der Waals surface area contributed by atoms with Crippen molar-refractivity contribution in [1.29, 1.82) is 0 Å². The van der Waals surface area contributed by atoms with Crippen molar-refractivity contribution < 1.29 is 0 Å². The maximum Gasteiger partial charge on any atom is 0.0351 e. The third-order valence-electron chi connectivity index (χ3n) is 0.744. The van der Waals surface area contributed by atoms with Crippen LogP contribution in [0, 0.1) is 18.3 Å². The zero-order valence-corrected chi connectivity index (χ0v) is 4.81. The van der Waals surface area contributed by atoms with Crippen molar-refractivity contribution in [2.75, 3.05) is 0 Å². The molecule has 0 aliphatic heterocycles. The molecule has 0 nitrogen and oxygen atoms in total. The molecule has 0 bridgehead atoms. The largest absolute Gasteiger partial charge is 0.119 e. The topological polar surface area (TPSA) is 0 Å². The van der Waals surface area contributed by atoms with E-state index >= 15 is 0 Å². The van der Waals surface area contributed by atoms with E-state index < -0.39 is 0 Å². The fourth-order valence-electron chi connectivity index (χ4n) is 0.344. The molecule has 0 saturated carbocycles. The first kappa shape index (κ1) is 6.30. The molecule has 0 radical (unpaired) electrons. The van der Waals surface area contributed by atoms with Crippen LogP contribution in [0.2, 0.25) is 0 Å². The lowest BCUT2D eigenvalue weighted by Gasteiger charge is -1.87.